The van der Waals surface area contributed by atoms with Crippen molar-refractivity contribution in [3.8, 4) is 17.0 Å². The summed E-state index contributed by atoms with van der Waals surface area (Å²) in [6.07, 6.45) is 9.39. The van der Waals surface area contributed by atoms with E-state index < -0.39 is 0 Å². The number of methoxy groups -OCH3 is 1. The minimum atomic E-state index is 0.526. The molecule has 0 saturated heterocycles. The van der Waals surface area contributed by atoms with E-state index in [1.165, 1.54) is 36.8 Å². The normalized spacial score (nSPS) is 14.5. The molecule has 1 saturated carbocycles. The summed E-state index contributed by atoms with van der Waals surface area (Å²) in [6.45, 7) is 8.20. The summed E-state index contributed by atoms with van der Waals surface area (Å²) in [7, 11) is 1.73. The van der Waals surface area contributed by atoms with Gasteiger partial charge >= 0.3 is 0 Å². The third-order valence-corrected chi connectivity index (χ3v) is 5.82. The van der Waals surface area contributed by atoms with Crippen LogP contribution in [0.4, 0.5) is 5.82 Å². The molecule has 3 rings (SSSR count). The topological polar surface area (TPSA) is 51.4 Å². The Morgan fingerprint density at radius 1 is 1.25 bits per heavy atom. The Bertz CT molecular complexity index is 796. The van der Waals surface area contributed by atoms with Crippen LogP contribution < -0.4 is 10.5 Å². The maximum atomic E-state index is 5.89. The van der Waals surface area contributed by atoms with Crippen LogP contribution in [0.2, 0.25) is 0 Å². The summed E-state index contributed by atoms with van der Waals surface area (Å²) in [5, 5.41) is 0. The Hall–Kier alpha value is -2.33. The Kier molecular flexibility index (Phi) is 7.10. The molecule has 1 aliphatic carbocycles. The van der Waals surface area contributed by atoms with E-state index >= 15 is 0 Å². The summed E-state index contributed by atoms with van der Waals surface area (Å²) in [5.41, 5.74) is 10.5. The van der Waals surface area contributed by atoms with Crippen molar-refractivity contribution >= 4 is 5.82 Å². The minimum absolute atomic E-state index is 0.526. The number of pyridine rings is 1. The van der Waals surface area contributed by atoms with Gasteiger partial charge in [0.15, 0.2) is 0 Å². The SMILES string of the molecule is C=CCN(CCc1cc(OC)c(-c2cccc(N)n2)cc1CC)C1CCCC1. The number of anilines is 1. The van der Waals surface area contributed by atoms with Crippen LogP contribution in [-0.4, -0.2) is 36.1 Å². The zero-order chi connectivity index (χ0) is 19.9. The van der Waals surface area contributed by atoms with Crippen LogP contribution in [0, 0.1) is 0 Å². The average Bonchev–Trinajstić information content (AvgIpc) is 3.25. The molecule has 150 valence electrons. The Morgan fingerprint density at radius 3 is 2.68 bits per heavy atom. The standard InChI is InChI=1S/C24H33N3O/c1-4-14-27(20-9-6-7-10-20)15-13-19-17-23(28-3)21(16-18(19)5-2)22-11-8-12-24(25)26-22/h4,8,11-12,16-17,20H,1,5-7,9-10,13-15H2,2-3H3,(H2,25,26). The molecule has 1 fully saturated rings. The summed E-state index contributed by atoms with van der Waals surface area (Å²) in [4.78, 5) is 7.08. The molecule has 0 spiro atoms. The van der Waals surface area contributed by atoms with E-state index in [1.54, 1.807) is 7.11 Å². The Balaban J connectivity index is 1.85. The van der Waals surface area contributed by atoms with Crippen LogP contribution in [-0.2, 0) is 12.8 Å². The van der Waals surface area contributed by atoms with Crippen LogP contribution in [0.25, 0.3) is 11.3 Å². The van der Waals surface area contributed by atoms with Gasteiger partial charge in [0, 0.05) is 24.7 Å². The fourth-order valence-corrected chi connectivity index (χ4v) is 4.32. The lowest BCUT2D eigenvalue weighted by Crippen LogP contribution is -2.35. The molecule has 28 heavy (non-hydrogen) atoms. The van der Waals surface area contributed by atoms with Crippen LogP contribution in [0.3, 0.4) is 0 Å². The van der Waals surface area contributed by atoms with Gasteiger partial charge in [-0.3, -0.25) is 4.90 Å². The molecule has 0 aliphatic heterocycles. The quantitative estimate of drug-likeness (QED) is 0.631. The lowest BCUT2D eigenvalue weighted by molar-refractivity contribution is 0.222. The number of hydrogen-bond acceptors (Lipinski definition) is 4. The lowest BCUT2D eigenvalue weighted by Gasteiger charge is -2.28. The Morgan fingerprint density at radius 2 is 2.04 bits per heavy atom. The molecule has 1 aliphatic rings. The van der Waals surface area contributed by atoms with E-state index in [0.29, 0.717) is 11.9 Å². The maximum absolute atomic E-state index is 5.89. The molecule has 4 heteroatoms. The average molecular weight is 380 g/mol. The number of benzene rings is 1. The fraction of sp³-hybridized carbons (Fsp3) is 0.458. The van der Waals surface area contributed by atoms with E-state index in [4.69, 9.17) is 10.5 Å². The molecule has 0 amide bonds. The summed E-state index contributed by atoms with van der Waals surface area (Å²) >= 11 is 0. The number of nitrogens with two attached hydrogens (primary N) is 1. The van der Waals surface area contributed by atoms with E-state index in [9.17, 15) is 0 Å². The van der Waals surface area contributed by atoms with Gasteiger partial charge in [-0.05, 0) is 61.1 Å². The van der Waals surface area contributed by atoms with Gasteiger partial charge in [0.1, 0.15) is 11.6 Å². The highest BCUT2D eigenvalue weighted by Gasteiger charge is 2.22. The second-order valence-corrected chi connectivity index (χ2v) is 7.59. The van der Waals surface area contributed by atoms with Gasteiger partial charge in [-0.15, -0.1) is 6.58 Å². The molecule has 1 heterocycles. The van der Waals surface area contributed by atoms with E-state index in [0.717, 1.165) is 42.9 Å². The van der Waals surface area contributed by atoms with Gasteiger partial charge in [0.25, 0.3) is 0 Å². The van der Waals surface area contributed by atoms with Crippen LogP contribution in [0.1, 0.15) is 43.7 Å². The monoisotopic (exact) mass is 379 g/mol. The van der Waals surface area contributed by atoms with Gasteiger partial charge in [-0.25, -0.2) is 4.98 Å². The number of hydrogen-bond donors (Lipinski definition) is 1. The molecular weight excluding hydrogens is 346 g/mol. The van der Waals surface area contributed by atoms with E-state index in [1.807, 2.05) is 24.3 Å². The highest BCUT2D eigenvalue weighted by atomic mass is 16.5. The predicted octanol–water partition coefficient (Wildman–Crippen LogP) is 4.87. The highest BCUT2D eigenvalue weighted by Crippen LogP contribution is 2.33. The molecule has 1 aromatic carbocycles. The van der Waals surface area contributed by atoms with Crippen molar-refractivity contribution < 1.29 is 4.74 Å². The molecular formula is C24H33N3O. The van der Waals surface area contributed by atoms with Crippen molar-refractivity contribution in [1.82, 2.24) is 9.88 Å². The van der Waals surface area contributed by atoms with Crippen LogP contribution in [0.5, 0.6) is 5.75 Å². The van der Waals surface area contributed by atoms with Gasteiger partial charge < -0.3 is 10.5 Å². The van der Waals surface area contributed by atoms with Crippen molar-refractivity contribution in [3.63, 3.8) is 0 Å². The van der Waals surface area contributed by atoms with Crippen molar-refractivity contribution in [2.24, 2.45) is 0 Å². The third kappa shape index (κ3) is 4.74. The number of nitrogen functional groups attached to an aromatic ring is 1. The largest absolute Gasteiger partial charge is 0.496 e. The maximum Gasteiger partial charge on any atom is 0.128 e. The first-order valence-electron chi connectivity index (χ1n) is 10.4. The summed E-state index contributed by atoms with van der Waals surface area (Å²) in [5.74, 6) is 1.39. The van der Waals surface area contributed by atoms with Crippen LogP contribution in [0.15, 0.2) is 43.0 Å². The number of rotatable bonds is 9. The first-order valence-corrected chi connectivity index (χ1v) is 10.4. The van der Waals surface area contributed by atoms with E-state index in [2.05, 4.69) is 35.5 Å². The van der Waals surface area contributed by atoms with Gasteiger partial charge in [-0.2, -0.15) is 0 Å². The summed E-state index contributed by atoms with van der Waals surface area (Å²) < 4.78 is 5.72. The predicted molar refractivity (Wildman–Crippen MR) is 118 cm³/mol. The zero-order valence-electron chi connectivity index (χ0n) is 17.3. The third-order valence-electron chi connectivity index (χ3n) is 5.82. The second-order valence-electron chi connectivity index (χ2n) is 7.59. The molecule has 0 atom stereocenters. The van der Waals surface area contributed by atoms with Gasteiger partial charge in [-0.1, -0.05) is 31.9 Å². The second kappa shape index (κ2) is 9.74. The first kappa shape index (κ1) is 20.4. The van der Waals surface area contributed by atoms with Crippen molar-refractivity contribution in [1.29, 1.82) is 0 Å². The van der Waals surface area contributed by atoms with Crippen molar-refractivity contribution in [2.75, 3.05) is 25.9 Å². The molecule has 0 unspecified atom stereocenters. The molecule has 2 N–H and O–H groups in total. The van der Waals surface area contributed by atoms with Crippen LogP contribution >= 0.6 is 0 Å². The fourth-order valence-electron chi connectivity index (χ4n) is 4.32. The molecule has 4 nitrogen and oxygen atoms in total. The highest BCUT2D eigenvalue weighted by molar-refractivity contribution is 5.70. The van der Waals surface area contributed by atoms with Crippen molar-refractivity contribution in [2.45, 2.75) is 51.5 Å². The van der Waals surface area contributed by atoms with E-state index in [-0.39, 0.29) is 0 Å². The summed E-state index contributed by atoms with van der Waals surface area (Å²) in [6, 6.07) is 10.9. The zero-order valence-corrected chi connectivity index (χ0v) is 17.3. The Labute approximate surface area is 169 Å². The molecule has 0 radical (unpaired) electrons. The number of aromatic nitrogens is 1. The first-order chi connectivity index (χ1) is 13.7. The van der Waals surface area contributed by atoms with Gasteiger partial charge in [0.05, 0.1) is 12.8 Å². The lowest BCUT2D eigenvalue weighted by atomic mass is 9.96. The number of aryl methyl sites for hydroxylation is 1. The van der Waals surface area contributed by atoms with Crippen molar-refractivity contribution in [3.05, 3.63) is 54.1 Å². The number of nitrogens with zero attached hydrogens (tertiary/aromatic N) is 2. The molecule has 1 aromatic heterocycles. The van der Waals surface area contributed by atoms with Gasteiger partial charge in [0.2, 0.25) is 0 Å². The minimum Gasteiger partial charge on any atom is -0.496 e. The molecule has 0 bridgehead atoms. The molecule has 2 aromatic rings. The number of ether oxygens (including phenoxy) is 1. The smallest absolute Gasteiger partial charge is 0.128 e.